The van der Waals surface area contributed by atoms with E-state index in [2.05, 4.69) is 9.97 Å². The van der Waals surface area contributed by atoms with Gasteiger partial charge < -0.3 is 11.5 Å². The van der Waals surface area contributed by atoms with E-state index in [4.69, 9.17) is 16.5 Å². The summed E-state index contributed by atoms with van der Waals surface area (Å²) in [7, 11) is 1.92. The van der Waals surface area contributed by atoms with Crippen LogP contribution < -0.4 is 16.9 Å². The van der Waals surface area contributed by atoms with Gasteiger partial charge in [-0.25, -0.2) is 24.8 Å². The van der Waals surface area contributed by atoms with E-state index in [0.29, 0.717) is 23.3 Å². The van der Waals surface area contributed by atoms with Crippen LogP contribution in [0.15, 0.2) is 79.4 Å². The first-order valence-electron chi connectivity index (χ1n) is 10.8. The number of imidazole rings is 1. The molecule has 0 aliphatic carbocycles. The van der Waals surface area contributed by atoms with Crippen LogP contribution in [0.4, 0.5) is 10.3 Å². The number of nitrogen functional groups attached to an aromatic ring is 1. The molecule has 0 radical (unpaired) electrons. The topological polar surface area (TPSA) is 115 Å². The van der Waals surface area contributed by atoms with Gasteiger partial charge in [0.2, 0.25) is 5.95 Å². The molecule has 0 saturated carbocycles. The van der Waals surface area contributed by atoms with Crippen LogP contribution >= 0.6 is 0 Å². The Kier molecular flexibility index (Phi) is 5.52. The molecule has 3 aromatic heterocycles. The molecule has 8 nitrogen and oxygen atoms in total. The average molecular weight is 456 g/mol. The Labute approximate surface area is 195 Å². The molecule has 0 bridgehead atoms. The van der Waals surface area contributed by atoms with Crippen LogP contribution in [0.3, 0.4) is 0 Å². The van der Waals surface area contributed by atoms with Crippen molar-refractivity contribution < 1.29 is 9.82 Å². The van der Waals surface area contributed by atoms with E-state index in [9.17, 15) is 4.39 Å². The van der Waals surface area contributed by atoms with Crippen molar-refractivity contribution in [3.63, 3.8) is 0 Å². The van der Waals surface area contributed by atoms with Gasteiger partial charge in [0, 0.05) is 24.0 Å². The number of anilines is 1. The van der Waals surface area contributed by atoms with Crippen molar-refractivity contribution >= 4 is 28.2 Å². The summed E-state index contributed by atoms with van der Waals surface area (Å²) in [5, 5.41) is 2.55. The molecule has 5 aromatic rings. The van der Waals surface area contributed by atoms with E-state index in [0.717, 1.165) is 22.4 Å². The third-order valence-electron chi connectivity index (χ3n) is 5.65. The Morgan fingerprint density at radius 3 is 2.65 bits per heavy atom. The van der Waals surface area contributed by atoms with Crippen molar-refractivity contribution in [3.8, 4) is 11.1 Å². The summed E-state index contributed by atoms with van der Waals surface area (Å²) in [4.78, 5) is 13.1. The summed E-state index contributed by atoms with van der Waals surface area (Å²) in [5.41, 5.74) is 19.6. The number of aromatic nitrogens is 4. The van der Waals surface area contributed by atoms with E-state index in [1.54, 1.807) is 22.7 Å². The molecular formula is C25H24FN8+. The fourth-order valence-electron chi connectivity index (χ4n) is 3.89. The molecule has 2 aromatic carbocycles. The summed E-state index contributed by atoms with van der Waals surface area (Å²) >= 11 is 0. The number of nitrogens with two attached hydrogens (primary N) is 3. The van der Waals surface area contributed by atoms with E-state index in [1.165, 1.54) is 6.07 Å². The lowest BCUT2D eigenvalue weighted by atomic mass is 10.0. The highest BCUT2D eigenvalue weighted by Crippen LogP contribution is 2.24. The van der Waals surface area contributed by atoms with Gasteiger partial charge in [-0.3, -0.25) is 9.38 Å². The number of rotatable bonds is 6. The molecule has 0 aliphatic rings. The summed E-state index contributed by atoms with van der Waals surface area (Å²) in [6.07, 6.45) is 7.26. The van der Waals surface area contributed by atoms with Crippen molar-refractivity contribution in [1.82, 2.24) is 24.4 Å². The normalized spacial score (nSPS) is 11.9. The standard InChI is InChI=1S/C25H23FN8/c1-29-33(15-22(27)17-9-7-16(8-10-17)18-4-3-11-30-12-18)13-19-14-34-24(31-19)20-5-2-6-21(26)23(20)32-25(34)28/h2-12,14-15,29H,13,27H2,1H3,(H2,28,32)/p+1/b22-15-. The van der Waals surface area contributed by atoms with E-state index >= 15 is 0 Å². The van der Waals surface area contributed by atoms with Gasteiger partial charge in [-0.05, 0) is 34.9 Å². The van der Waals surface area contributed by atoms with Gasteiger partial charge in [0.05, 0.1) is 24.6 Å². The van der Waals surface area contributed by atoms with Crippen LogP contribution in [-0.2, 0) is 6.54 Å². The van der Waals surface area contributed by atoms with Crippen LogP contribution in [-0.4, -0.2) is 31.4 Å². The Hall–Kier alpha value is -4.50. The van der Waals surface area contributed by atoms with Crippen LogP contribution in [0.25, 0.3) is 33.4 Å². The monoisotopic (exact) mass is 455 g/mol. The van der Waals surface area contributed by atoms with Crippen molar-refractivity contribution in [2.75, 3.05) is 12.8 Å². The van der Waals surface area contributed by atoms with E-state index in [-0.39, 0.29) is 11.5 Å². The minimum absolute atomic E-state index is 0.183. The van der Waals surface area contributed by atoms with Gasteiger partial charge in [0.15, 0.2) is 0 Å². The molecule has 0 spiro atoms. The summed E-state index contributed by atoms with van der Waals surface area (Å²) in [6.45, 7) is 0.461. The fraction of sp³-hybridized carbons (Fsp3) is 0.0800. The summed E-state index contributed by atoms with van der Waals surface area (Å²) in [6, 6.07) is 16.7. The third kappa shape index (κ3) is 4.00. The highest BCUT2D eigenvalue weighted by atomic mass is 19.1. The zero-order chi connectivity index (χ0) is 23.7. The molecule has 34 heavy (non-hydrogen) atoms. The second-order valence-corrected chi connectivity index (χ2v) is 7.87. The van der Waals surface area contributed by atoms with Gasteiger partial charge >= 0.3 is 0 Å². The predicted molar refractivity (Wildman–Crippen MR) is 130 cm³/mol. The number of benzene rings is 2. The van der Waals surface area contributed by atoms with Gasteiger partial charge in [-0.1, -0.05) is 36.4 Å². The number of pyridine rings is 1. The molecular weight excluding hydrogens is 431 g/mol. The van der Waals surface area contributed by atoms with Gasteiger partial charge in [-0.2, -0.15) is 0 Å². The number of hydrogen-bond donors (Lipinski definition) is 3. The molecule has 0 aliphatic heterocycles. The van der Waals surface area contributed by atoms with Crippen molar-refractivity contribution in [2.24, 2.45) is 5.73 Å². The number of quaternary nitrogens is 1. The molecule has 5 rings (SSSR count). The molecule has 0 atom stereocenters. The number of fused-ring (bicyclic) bond motifs is 3. The van der Waals surface area contributed by atoms with Gasteiger partial charge in [-0.15, -0.1) is 0 Å². The van der Waals surface area contributed by atoms with Crippen molar-refractivity contribution in [1.29, 1.82) is 0 Å². The number of halogens is 1. The highest BCUT2D eigenvalue weighted by Gasteiger charge is 2.15. The molecule has 3 heterocycles. The molecule has 9 heteroatoms. The van der Waals surface area contributed by atoms with Crippen LogP contribution in [0.5, 0.6) is 0 Å². The van der Waals surface area contributed by atoms with E-state index < -0.39 is 5.82 Å². The second-order valence-electron chi connectivity index (χ2n) is 7.87. The second kappa shape index (κ2) is 8.80. The molecule has 0 amide bonds. The maximum Gasteiger partial charge on any atom is 0.206 e. The third-order valence-corrected chi connectivity index (χ3v) is 5.65. The largest absolute Gasteiger partial charge is 0.397 e. The Balaban J connectivity index is 1.41. The van der Waals surface area contributed by atoms with Crippen molar-refractivity contribution in [3.05, 3.63) is 96.5 Å². The minimum Gasteiger partial charge on any atom is -0.397 e. The first-order valence-corrected chi connectivity index (χ1v) is 10.8. The van der Waals surface area contributed by atoms with Crippen LogP contribution in [0, 0.1) is 5.82 Å². The number of para-hydroxylation sites is 1. The molecule has 6 N–H and O–H groups in total. The first-order chi connectivity index (χ1) is 16.5. The first kappa shape index (κ1) is 21.4. The average Bonchev–Trinajstić information content (AvgIpc) is 3.30. The molecule has 0 saturated heterocycles. The van der Waals surface area contributed by atoms with E-state index in [1.807, 2.05) is 72.5 Å². The van der Waals surface area contributed by atoms with Crippen molar-refractivity contribution in [2.45, 2.75) is 6.54 Å². The smallest absolute Gasteiger partial charge is 0.206 e. The van der Waals surface area contributed by atoms with Gasteiger partial charge in [0.25, 0.3) is 0 Å². The fourth-order valence-corrected chi connectivity index (χ4v) is 3.89. The lowest BCUT2D eigenvalue weighted by Crippen LogP contribution is -2.88. The Morgan fingerprint density at radius 2 is 1.91 bits per heavy atom. The maximum atomic E-state index is 14.2. The number of nitrogens with zero attached hydrogens (tertiary/aromatic N) is 5. The SMILES string of the molecule is C[NH2+]N(/C=C(\N)c1ccc(-c2cccnc2)cc1)Cc1cn2c(N)nc3c(F)cccc3c2n1. The summed E-state index contributed by atoms with van der Waals surface area (Å²) in [5.74, 6) is -0.243. The highest BCUT2D eigenvalue weighted by molar-refractivity contribution is 5.92. The van der Waals surface area contributed by atoms with Gasteiger partial charge in [0.1, 0.15) is 23.5 Å². The Morgan fingerprint density at radius 1 is 1.09 bits per heavy atom. The number of hydrogen-bond acceptors (Lipinski definition) is 6. The lowest BCUT2D eigenvalue weighted by Gasteiger charge is -2.15. The maximum absolute atomic E-state index is 14.2. The quantitative estimate of drug-likeness (QED) is 0.268. The van der Waals surface area contributed by atoms with Crippen LogP contribution in [0.1, 0.15) is 11.3 Å². The van der Waals surface area contributed by atoms with Crippen LogP contribution in [0.2, 0.25) is 0 Å². The zero-order valence-corrected chi connectivity index (χ0v) is 18.6. The summed E-state index contributed by atoms with van der Waals surface area (Å²) < 4.78 is 15.9. The lowest BCUT2D eigenvalue weighted by molar-refractivity contribution is -0.773. The zero-order valence-electron chi connectivity index (χ0n) is 18.6. The Bertz CT molecular complexity index is 1490. The molecule has 0 unspecified atom stereocenters. The predicted octanol–water partition coefficient (Wildman–Crippen LogP) is 2.53. The molecule has 170 valence electrons. The molecule has 0 fully saturated rings. The minimum atomic E-state index is -0.426.